The molecule has 0 spiro atoms. The van der Waals surface area contributed by atoms with Gasteiger partial charge in [-0.05, 0) is 35.9 Å². The first kappa shape index (κ1) is 21.0. The third-order valence-corrected chi connectivity index (χ3v) is 5.53. The fourth-order valence-electron chi connectivity index (χ4n) is 2.82. The zero-order chi connectivity index (χ0) is 21.2. The van der Waals surface area contributed by atoms with Gasteiger partial charge in [0.1, 0.15) is 0 Å². The van der Waals surface area contributed by atoms with Crippen LogP contribution in [0.4, 0.5) is 5.69 Å². The molecule has 7 nitrogen and oxygen atoms in total. The minimum absolute atomic E-state index is 0.0365. The summed E-state index contributed by atoms with van der Waals surface area (Å²) >= 11 is 5.99. The van der Waals surface area contributed by atoms with Crippen LogP contribution < -0.4 is 5.32 Å². The molecule has 0 saturated heterocycles. The van der Waals surface area contributed by atoms with Crippen LogP contribution in [-0.2, 0) is 28.2 Å². The summed E-state index contributed by atoms with van der Waals surface area (Å²) in [5.41, 5.74) is 3.14. The molecule has 0 aliphatic carbocycles. The number of benzene rings is 1. The number of hydrogen-bond donors (Lipinski definition) is 1. The Kier molecular flexibility index (Phi) is 6.07. The zero-order valence-electron chi connectivity index (χ0n) is 16.1. The van der Waals surface area contributed by atoms with Gasteiger partial charge in [-0.2, -0.15) is 0 Å². The van der Waals surface area contributed by atoms with Gasteiger partial charge in [0.15, 0.2) is 9.84 Å². The Bertz CT molecular complexity index is 1150. The third-order valence-electron chi connectivity index (χ3n) is 4.22. The van der Waals surface area contributed by atoms with Crippen LogP contribution in [0.1, 0.15) is 15.9 Å². The van der Waals surface area contributed by atoms with Gasteiger partial charge in [-0.3, -0.25) is 9.78 Å². The van der Waals surface area contributed by atoms with Crippen molar-refractivity contribution in [1.29, 1.82) is 0 Å². The lowest BCUT2D eigenvalue weighted by Crippen LogP contribution is -2.11. The van der Waals surface area contributed by atoms with Crippen molar-refractivity contribution in [3.63, 3.8) is 0 Å². The molecule has 3 aromatic rings. The van der Waals surface area contributed by atoms with Crippen LogP contribution >= 0.6 is 11.6 Å². The lowest BCUT2D eigenvalue weighted by atomic mass is 10.2. The van der Waals surface area contributed by atoms with E-state index in [1.165, 1.54) is 18.2 Å². The summed E-state index contributed by atoms with van der Waals surface area (Å²) in [6.07, 6.45) is 4.49. The Morgan fingerprint density at radius 1 is 1.24 bits per heavy atom. The Morgan fingerprint density at radius 2 is 2.00 bits per heavy atom. The summed E-state index contributed by atoms with van der Waals surface area (Å²) < 4.78 is 30.4. The lowest BCUT2D eigenvalue weighted by Gasteiger charge is -2.07. The first-order valence-corrected chi connectivity index (χ1v) is 10.9. The number of hydrogen-bond acceptors (Lipinski definition) is 5. The highest BCUT2D eigenvalue weighted by atomic mass is 35.5. The van der Waals surface area contributed by atoms with Crippen molar-refractivity contribution in [2.75, 3.05) is 18.7 Å². The third kappa shape index (κ3) is 5.03. The van der Waals surface area contributed by atoms with Crippen molar-refractivity contribution in [3.05, 3.63) is 64.9 Å². The van der Waals surface area contributed by atoms with Crippen molar-refractivity contribution in [3.8, 4) is 11.4 Å². The van der Waals surface area contributed by atoms with Crippen molar-refractivity contribution >= 4 is 33.0 Å². The van der Waals surface area contributed by atoms with E-state index in [1.54, 1.807) is 30.1 Å². The van der Waals surface area contributed by atoms with Crippen LogP contribution in [0, 0.1) is 0 Å². The number of pyridine rings is 1. The molecule has 29 heavy (non-hydrogen) atoms. The normalized spacial score (nSPS) is 11.4. The van der Waals surface area contributed by atoms with E-state index in [4.69, 9.17) is 16.3 Å². The molecule has 1 aromatic carbocycles. The predicted molar refractivity (Wildman–Crippen MR) is 112 cm³/mol. The molecule has 2 aromatic heterocycles. The van der Waals surface area contributed by atoms with Gasteiger partial charge in [-0.15, -0.1) is 0 Å². The Hall–Kier alpha value is -2.68. The van der Waals surface area contributed by atoms with Gasteiger partial charge < -0.3 is 14.6 Å². The van der Waals surface area contributed by atoms with E-state index >= 15 is 0 Å². The number of ether oxygens (including phenoxy) is 1. The van der Waals surface area contributed by atoms with Gasteiger partial charge in [0, 0.05) is 43.5 Å². The molecule has 0 atom stereocenters. The second-order valence-electron chi connectivity index (χ2n) is 6.61. The maximum atomic E-state index is 12.7. The van der Waals surface area contributed by atoms with E-state index in [9.17, 15) is 13.2 Å². The summed E-state index contributed by atoms with van der Waals surface area (Å²) in [5, 5.41) is 2.91. The fourth-order valence-corrected chi connectivity index (χ4v) is 3.81. The monoisotopic (exact) mass is 433 g/mol. The number of nitrogens with one attached hydrogen (secondary N) is 1. The molecular weight excluding hydrogens is 414 g/mol. The average Bonchev–Trinajstić information content (AvgIpc) is 3.03. The lowest BCUT2D eigenvalue weighted by molar-refractivity contribution is 0.102. The largest absolute Gasteiger partial charge is 0.380 e. The van der Waals surface area contributed by atoms with Gasteiger partial charge in [-0.25, -0.2) is 8.42 Å². The Morgan fingerprint density at radius 3 is 2.62 bits per heavy atom. The minimum Gasteiger partial charge on any atom is -0.380 e. The number of sulfone groups is 1. The average molecular weight is 434 g/mol. The quantitative estimate of drug-likeness (QED) is 0.642. The van der Waals surface area contributed by atoms with Crippen molar-refractivity contribution in [2.24, 2.45) is 7.05 Å². The molecule has 0 fully saturated rings. The number of nitrogens with zero attached hydrogens (tertiary/aromatic N) is 2. The smallest absolute Gasteiger partial charge is 0.257 e. The number of halogens is 1. The number of aromatic nitrogens is 2. The van der Waals surface area contributed by atoms with Gasteiger partial charge in [0.05, 0.1) is 28.5 Å². The highest BCUT2D eigenvalue weighted by Crippen LogP contribution is 2.24. The molecule has 2 heterocycles. The molecule has 9 heteroatoms. The standard InChI is InChI=1S/C20H20ClN3O4S/c1-24-11-14(6-19(24)18-5-4-13(10-22-18)12-28-2)20(25)23-16-7-15(21)8-17(9-16)29(3,26)27/h4-11H,12H2,1-3H3,(H,23,25). The molecule has 0 aliphatic heterocycles. The van der Waals surface area contributed by atoms with Gasteiger partial charge in [0.25, 0.3) is 5.91 Å². The Labute approximate surface area is 174 Å². The number of rotatable bonds is 6. The number of aryl methyl sites for hydroxylation is 1. The molecule has 0 unspecified atom stereocenters. The topological polar surface area (TPSA) is 90.3 Å². The van der Waals surface area contributed by atoms with Crippen LogP contribution in [0.2, 0.25) is 5.02 Å². The second-order valence-corrected chi connectivity index (χ2v) is 9.06. The Balaban J connectivity index is 1.84. The number of amides is 1. The zero-order valence-corrected chi connectivity index (χ0v) is 17.7. The maximum absolute atomic E-state index is 12.7. The highest BCUT2D eigenvalue weighted by molar-refractivity contribution is 7.90. The summed E-state index contributed by atoms with van der Waals surface area (Å²) in [4.78, 5) is 17.1. The summed E-state index contributed by atoms with van der Waals surface area (Å²) in [6.45, 7) is 0.475. The van der Waals surface area contributed by atoms with Gasteiger partial charge >= 0.3 is 0 Å². The van der Waals surface area contributed by atoms with Crippen LogP contribution in [-0.4, -0.2) is 37.2 Å². The molecular formula is C20H20ClN3O4S. The van der Waals surface area contributed by atoms with E-state index in [1.807, 2.05) is 19.2 Å². The van der Waals surface area contributed by atoms with Crippen molar-refractivity contribution < 1.29 is 17.9 Å². The molecule has 0 aliphatic rings. The van der Waals surface area contributed by atoms with E-state index in [0.717, 1.165) is 17.5 Å². The van der Waals surface area contributed by atoms with E-state index < -0.39 is 9.84 Å². The fraction of sp³-hybridized carbons (Fsp3) is 0.200. The molecule has 0 saturated carbocycles. The SMILES string of the molecule is COCc1ccc(-c2cc(C(=O)Nc3cc(Cl)cc(S(C)(=O)=O)c3)cn2C)nc1. The van der Waals surface area contributed by atoms with E-state index in [0.29, 0.717) is 23.6 Å². The summed E-state index contributed by atoms with van der Waals surface area (Å²) in [5.74, 6) is -0.385. The first-order chi connectivity index (χ1) is 13.7. The summed E-state index contributed by atoms with van der Waals surface area (Å²) in [7, 11) is -0.0144. The van der Waals surface area contributed by atoms with Gasteiger partial charge in [-0.1, -0.05) is 17.7 Å². The highest BCUT2D eigenvalue weighted by Gasteiger charge is 2.15. The maximum Gasteiger partial charge on any atom is 0.257 e. The molecule has 0 bridgehead atoms. The van der Waals surface area contributed by atoms with Crippen LogP contribution in [0.15, 0.2) is 53.7 Å². The van der Waals surface area contributed by atoms with Crippen molar-refractivity contribution in [1.82, 2.24) is 9.55 Å². The van der Waals surface area contributed by atoms with Gasteiger partial charge in [0.2, 0.25) is 0 Å². The first-order valence-electron chi connectivity index (χ1n) is 8.60. The predicted octanol–water partition coefficient (Wildman–Crippen LogP) is 3.54. The molecule has 0 radical (unpaired) electrons. The molecule has 152 valence electrons. The van der Waals surface area contributed by atoms with Crippen LogP contribution in [0.25, 0.3) is 11.4 Å². The number of methoxy groups -OCH3 is 1. The summed E-state index contributed by atoms with van der Waals surface area (Å²) in [6, 6.07) is 9.70. The minimum atomic E-state index is -3.45. The van der Waals surface area contributed by atoms with Crippen LogP contribution in [0.3, 0.4) is 0 Å². The van der Waals surface area contributed by atoms with E-state index in [2.05, 4.69) is 10.3 Å². The molecule has 1 N–H and O–H groups in total. The van der Waals surface area contributed by atoms with E-state index in [-0.39, 0.29) is 15.8 Å². The van der Waals surface area contributed by atoms with Crippen LogP contribution in [0.5, 0.6) is 0 Å². The number of carbonyl (C=O) groups excluding carboxylic acids is 1. The molecule has 1 amide bonds. The molecule has 3 rings (SSSR count). The number of anilines is 1. The number of carbonyl (C=O) groups is 1. The second kappa shape index (κ2) is 8.36. The van der Waals surface area contributed by atoms with Crippen molar-refractivity contribution in [2.45, 2.75) is 11.5 Å².